The van der Waals surface area contributed by atoms with Crippen LogP contribution in [-0.2, 0) is 20.9 Å². The van der Waals surface area contributed by atoms with E-state index in [-0.39, 0.29) is 23.7 Å². The van der Waals surface area contributed by atoms with Gasteiger partial charge in [0.05, 0.1) is 20.1 Å². The Hall–Kier alpha value is -2.04. The average molecular weight is 319 g/mol. The third-order valence-electron chi connectivity index (χ3n) is 4.59. The topological polar surface area (TPSA) is 55.8 Å². The zero-order chi connectivity index (χ0) is 17.2. The maximum Gasteiger partial charge on any atom is 0.332 e. The van der Waals surface area contributed by atoms with Crippen LogP contribution in [-0.4, -0.2) is 36.5 Å². The molecule has 0 spiro atoms. The molecule has 1 fully saturated rings. The van der Waals surface area contributed by atoms with E-state index in [2.05, 4.69) is 0 Å². The second kappa shape index (κ2) is 6.60. The first-order valence-corrected chi connectivity index (χ1v) is 7.89. The fourth-order valence-electron chi connectivity index (χ4n) is 3.39. The summed E-state index contributed by atoms with van der Waals surface area (Å²) in [5.74, 6) is 0.357. The van der Waals surface area contributed by atoms with Crippen molar-refractivity contribution in [2.45, 2.75) is 39.3 Å². The van der Waals surface area contributed by atoms with Crippen LogP contribution >= 0.6 is 0 Å². The lowest BCUT2D eigenvalue weighted by Crippen LogP contribution is -2.73. The summed E-state index contributed by atoms with van der Waals surface area (Å²) >= 11 is 0. The molecule has 23 heavy (non-hydrogen) atoms. The third-order valence-corrected chi connectivity index (χ3v) is 4.59. The predicted octanol–water partition coefficient (Wildman–Crippen LogP) is 2.63. The first kappa shape index (κ1) is 17.3. The monoisotopic (exact) mass is 319 g/mol. The first-order chi connectivity index (χ1) is 10.9. The molecule has 0 aromatic heterocycles. The van der Waals surface area contributed by atoms with Crippen LogP contribution < -0.4 is 4.74 Å². The maximum atomic E-state index is 12.5. The number of methoxy groups -OCH3 is 2. The highest BCUT2D eigenvalue weighted by molar-refractivity contribution is 6.00. The normalized spacial score (nSPS) is 23.7. The van der Waals surface area contributed by atoms with Gasteiger partial charge in [-0.3, -0.25) is 4.79 Å². The van der Waals surface area contributed by atoms with Gasteiger partial charge >= 0.3 is 5.97 Å². The molecule has 0 N–H and O–H groups in total. The minimum absolute atomic E-state index is 0.00753. The molecule has 1 aromatic rings. The lowest BCUT2D eigenvalue weighted by molar-refractivity contribution is -0.192. The minimum atomic E-state index is -0.861. The lowest BCUT2D eigenvalue weighted by atomic mass is 9.69. The van der Waals surface area contributed by atoms with Crippen molar-refractivity contribution in [1.82, 2.24) is 4.90 Å². The number of benzene rings is 1. The number of esters is 1. The van der Waals surface area contributed by atoms with Crippen molar-refractivity contribution in [2.75, 3.05) is 14.2 Å². The molecule has 0 saturated carbocycles. The van der Waals surface area contributed by atoms with Crippen LogP contribution in [0.3, 0.4) is 0 Å². The van der Waals surface area contributed by atoms with E-state index in [9.17, 15) is 9.59 Å². The molecule has 1 saturated heterocycles. The SMILES string of the molecule is COC(=O)[C@]1(CC(C)C)[C@H](C)C(=O)N1Cc1ccc(OC)cc1. The number of carbonyl (C=O) groups excluding carboxylic acids is 2. The molecule has 1 heterocycles. The molecule has 0 radical (unpaired) electrons. The summed E-state index contributed by atoms with van der Waals surface area (Å²) in [6.45, 7) is 6.30. The zero-order valence-corrected chi connectivity index (χ0v) is 14.5. The molecule has 1 aromatic carbocycles. The van der Waals surface area contributed by atoms with E-state index < -0.39 is 5.54 Å². The summed E-state index contributed by atoms with van der Waals surface area (Å²) in [6.07, 6.45) is 0.600. The van der Waals surface area contributed by atoms with Crippen LogP contribution in [0.25, 0.3) is 0 Å². The van der Waals surface area contributed by atoms with Gasteiger partial charge in [0.2, 0.25) is 5.91 Å². The van der Waals surface area contributed by atoms with E-state index in [0.717, 1.165) is 11.3 Å². The molecule has 126 valence electrons. The van der Waals surface area contributed by atoms with Crippen molar-refractivity contribution in [3.8, 4) is 5.75 Å². The molecule has 2 rings (SSSR count). The van der Waals surface area contributed by atoms with E-state index in [4.69, 9.17) is 9.47 Å². The van der Waals surface area contributed by atoms with Gasteiger partial charge in [-0.05, 0) is 30.0 Å². The standard InChI is InChI=1S/C18H25NO4/c1-12(2)10-18(17(21)23-5)13(3)16(20)19(18)11-14-6-8-15(22-4)9-7-14/h6-9,12-13H,10-11H2,1-5H3/t13-,18+/m1/s1. The fourth-order valence-corrected chi connectivity index (χ4v) is 3.39. The van der Waals surface area contributed by atoms with Gasteiger partial charge < -0.3 is 14.4 Å². The largest absolute Gasteiger partial charge is 0.497 e. The number of nitrogens with zero attached hydrogens (tertiary/aromatic N) is 1. The highest BCUT2D eigenvalue weighted by Crippen LogP contribution is 2.44. The fraction of sp³-hybridized carbons (Fsp3) is 0.556. The molecule has 5 heteroatoms. The molecule has 2 atom stereocenters. The van der Waals surface area contributed by atoms with Crippen molar-refractivity contribution < 1.29 is 19.1 Å². The van der Waals surface area contributed by atoms with E-state index in [1.54, 1.807) is 12.0 Å². The minimum Gasteiger partial charge on any atom is -0.497 e. The summed E-state index contributed by atoms with van der Waals surface area (Å²) in [7, 11) is 2.99. The van der Waals surface area contributed by atoms with Crippen molar-refractivity contribution in [1.29, 1.82) is 0 Å². The highest BCUT2D eigenvalue weighted by atomic mass is 16.5. The molecule has 1 amide bonds. The van der Waals surface area contributed by atoms with E-state index >= 15 is 0 Å². The Morgan fingerprint density at radius 3 is 2.35 bits per heavy atom. The maximum absolute atomic E-state index is 12.5. The van der Waals surface area contributed by atoms with Crippen molar-refractivity contribution in [2.24, 2.45) is 11.8 Å². The van der Waals surface area contributed by atoms with Crippen LogP contribution in [0.5, 0.6) is 5.75 Å². The summed E-state index contributed by atoms with van der Waals surface area (Å²) in [5, 5.41) is 0. The molecule has 5 nitrogen and oxygen atoms in total. The van der Waals surface area contributed by atoms with Crippen LogP contribution in [0.15, 0.2) is 24.3 Å². The second-order valence-corrected chi connectivity index (χ2v) is 6.51. The van der Waals surface area contributed by atoms with Crippen LogP contribution in [0.2, 0.25) is 0 Å². The molecular weight excluding hydrogens is 294 g/mol. The Balaban J connectivity index is 2.29. The second-order valence-electron chi connectivity index (χ2n) is 6.51. The summed E-state index contributed by atoms with van der Waals surface area (Å²) < 4.78 is 10.2. The first-order valence-electron chi connectivity index (χ1n) is 7.89. The molecule has 0 bridgehead atoms. The Bertz CT molecular complexity index is 581. The number of amides is 1. The zero-order valence-electron chi connectivity index (χ0n) is 14.5. The number of β-lactam (4-membered cyclic amide) rings is 1. The summed E-state index contributed by atoms with van der Waals surface area (Å²) in [5.41, 5.74) is 0.100. The number of likely N-dealkylation sites (tertiary alicyclic amines) is 1. The van der Waals surface area contributed by atoms with Gasteiger partial charge in [0.15, 0.2) is 5.54 Å². The van der Waals surface area contributed by atoms with Crippen LogP contribution in [0, 0.1) is 11.8 Å². The average Bonchev–Trinajstić information content (AvgIpc) is 2.56. The highest BCUT2D eigenvalue weighted by Gasteiger charge is 2.63. The number of hydrogen-bond acceptors (Lipinski definition) is 4. The number of ether oxygens (including phenoxy) is 2. The number of hydrogen-bond donors (Lipinski definition) is 0. The molecule has 0 aliphatic carbocycles. The van der Waals surface area contributed by atoms with Gasteiger partial charge in [0.1, 0.15) is 5.75 Å². The van der Waals surface area contributed by atoms with Crippen molar-refractivity contribution in [3.63, 3.8) is 0 Å². The number of carbonyl (C=O) groups is 2. The van der Waals surface area contributed by atoms with Gasteiger partial charge in [-0.15, -0.1) is 0 Å². The molecular formula is C18H25NO4. The van der Waals surface area contributed by atoms with E-state index in [1.807, 2.05) is 45.0 Å². The Labute approximate surface area is 137 Å². The van der Waals surface area contributed by atoms with Crippen LogP contribution in [0.4, 0.5) is 0 Å². The smallest absolute Gasteiger partial charge is 0.332 e. The van der Waals surface area contributed by atoms with E-state index in [0.29, 0.717) is 13.0 Å². The van der Waals surface area contributed by atoms with Gasteiger partial charge in [-0.25, -0.2) is 4.79 Å². The van der Waals surface area contributed by atoms with Crippen molar-refractivity contribution in [3.05, 3.63) is 29.8 Å². The third kappa shape index (κ3) is 2.92. The van der Waals surface area contributed by atoms with Gasteiger partial charge in [-0.1, -0.05) is 32.9 Å². The molecule has 0 unspecified atom stereocenters. The summed E-state index contributed by atoms with van der Waals surface area (Å²) in [6, 6.07) is 7.52. The number of rotatable bonds is 6. The van der Waals surface area contributed by atoms with Crippen molar-refractivity contribution >= 4 is 11.9 Å². The van der Waals surface area contributed by atoms with Gasteiger partial charge in [0, 0.05) is 6.54 Å². The summed E-state index contributed by atoms with van der Waals surface area (Å²) in [4.78, 5) is 26.5. The predicted molar refractivity (Wildman–Crippen MR) is 86.9 cm³/mol. The molecule has 1 aliphatic heterocycles. The Morgan fingerprint density at radius 2 is 1.87 bits per heavy atom. The van der Waals surface area contributed by atoms with Crippen LogP contribution in [0.1, 0.15) is 32.8 Å². The van der Waals surface area contributed by atoms with E-state index in [1.165, 1.54) is 7.11 Å². The molecule has 1 aliphatic rings. The van der Waals surface area contributed by atoms with Gasteiger partial charge in [-0.2, -0.15) is 0 Å². The lowest BCUT2D eigenvalue weighted by Gasteiger charge is -2.55. The quantitative estimate of drug-likeness (QED) is 0.597. The Morgan fingerprint density at radius 1 is 1.26 bits per heavy atom. The van der Waals surface area contributed by atoms with Gasteiger partial charge in [0.25, 0.3) is 0 Å². The Kier molecular flexibility index (Phi) is 4.97.